The van der Waals surface area contributed by atoms with Crippen LogP contribution in [0.25, 0.3) is 21.9 Å². The Bertz CT molecular complexity index is 1950. The van der Waals surface area contributed by atoms with Crippen LogP contribution in [0.5, 0.6) is 5.75 Å². The van der Waals surface area contributed by atoms with E-state index in [0.29, 0.717) is 22.8 Å². The molecule has 11 heteroatoms. The molecule has 0 radical (unpaired) electrons. The predicted octanol–water partition coefficient (Wildman–Crippen LogP) is 7.83. The Morgan fingerprint density at radius 1 is 0.860 bits per heavy atom. The second kappa shape index (κ2) is 15.4. The molecule has 5 aromatic rings. The SMILES string of the molecule is COc1c(NC(=O)Nc2ccc(-c3ccc(CN4CCOCC4)nc3)c3ccccc23)cc(C(C)(C)C)cc1NC(=O)OCc1ccncc1. The zero-order valence-electron chi connectivity index (χ0n) is 28.8. The summed E-state index contributed by atoms with van der Waals surface area (Å²) < 4.78 is 16.6. The molecule has 11 nitrogen and oxygen atoms in total. The first-order chi connectivity index (χ1) is 24.2. The van der Waals surface area contributed by atoms with Crippen molar-refractivity contribution in [3.05, 3.63) is 108 Å². The molecule has 258 valence electrons. The Labute approximate surface area is 292 Å². The third-order valence-corrected chi connectivity index (χ3v) is 8.56. The molecule has 3 heterocycles. The van der Waals surface area contributed by atoms with Crippen LogP contribution < -0.4 is 20.7 Å². The summed E-state index contributed by atoms with van der Waals surface area (Å²) in [5, 5.41) is 10.6. The van der Waals surface area contributed by atoms with E-state index in [2.05, 4.69) is 38.0 Å². The highest BCUT2D eigenvalue weighted by Crippen LogP contribution is 2.39. The molecule has 0 atom stereocenters. The molecule has 0 spiro atoms. The maximum Gasteiger partial charge on any atom is 0.412 e. The van der Waals surface area contributed by atoms with E-state index in [4.69, 9.17) is 19.2 Å². The third kappa shape index (κ3) is 8.36. The number of benzene rings is 3. The number of morpholine rings is 1. The van der Waals surface area contributed by atoms with Gasteiger partial charge in [-0.2, -0.15) is 0 Å². The van der Waals surface area contributed by atoms with Crippen LogP contribution in [0.3, 0.4) is 0 Å². The fourth-order valence-corrected chi connectivity index (χ4v) is 5.84. The van der Waals surface area contributed by atoms with Crippen LogP contribution in [-0.2, 0) is 28.0 Å². The maximum atomic E-state index is 13.6. The van der Waals surface area contributed by atoms with Crippen molar-refractivity contribution in [3.63, 3.8) is 0 Å². The van der Waals surface area contributed by atoms with Gasteiger partial charge >= 0.3 is 12.1 Å². The number of aromatic nitrogens is 2. The summed E-state index contributed by atoms with van der Waals surface area (Å²) in [5.41, 5.74) is 5.80. The van der Waals surface area contributed by atoms with Gasteiger partial charge in [0, 0.05) is 49.2 Å². The Kier molecular flexibility index (Phi) is 10.5. The number of methoxy groups -OCH3 is 1. The molecule has 50 heavy (non-hydrogen) atoms. The standard InChI is InChI=1S/C39H42N6O5/c1-39(2,3)28-21-34(36(48-4)35(22-28)44-38(47)50-25-26-13-15-40-16-14-26)43-37(46)42-33-12-11-30(31-7-5-6-8-32(31)33)27-9-10-29(41-23-27)24-45-17-19-49-20-18-45/h5-16,21-23H,17-20,24-25H2,1-4H3,(H,44,47)(H2,42,43,46). The molecule has 6 rings (SSSR count). The number of hydrogen-bond acceptors (Lipinski definition) is 8. The topological polar surface area (TPSA) is 127 Å². The van der Waals surface area contributed by atoms with Gasteiger partial charge in [-0.1, -0.05) is 57.2 Å². The van der Waals surface area contributed by atoms with E-state index in [9.17, 15) is 9.59 Å². The van der Waals surface area contributed by atoms with Gasteiger partial charge in [0.15, 0.2) is 5.75 Å². The quantitative estimate of drug-likeness (QED) is 0.144. The number of urea groups is 1. The van der Waals surface area contributed by atoms with E-state index in [1.807, 2.05) is 75.5 Å². The molecule has 3 amide bonds. The number of nitrogens with one attached hydrogen (secondary N) is 3. The van der Waals surface area contributed by atoms with Crippen LogP contribution >= 0.6 is 0 Å². The van der Waals surface area contributed by atoms with Gasteiger partial charge in [0.25, 0.3) is 0 Å². The number of ether oxygens (including phenoxy) is 3. The highest BCUT2D eigenvalue weighted by atomic mass is 16.5. The number of carbonyl (C=O) groups excluding carboxylic acids is 2. The molecule has 0 unspecified atom stereocenters. The Hall–Kier alpha value is -5.52. The first-order valence-corrected chi connectivity index (χ1v) is 16.6. The monoisotopic (exact) mass is 674 g/mol. The number of rotatable bonds is 9. The lowest BCUT2D eigenvalue weighted by Gasteiger charge is -2.26. The van der Waals surface area contributed by atoms with Crippen LogP contribution in [0.2, 0.25) is 0 Å². The highest BCUT2D eigenvalue weighted by molar-refractivity contribution is 6.10. The van der Waals surface area contributed by atoms with E-state index in [1.54, 1.807) is 24.5 Å². The molecular weight excluding hydrogens is 632 g/mol. The molecule has 3 aromatic carbocycles. The van der Waals surface area contributed by atoms with Crippen molar-refractivity contribution in [2.45, 2.75) is 39.3 Å². The largest absolute Gasteiger partial charge is 0.492 e. The zero-order chi connectivity index (χ0) is 35.1. The molecule has 1 saturated heterocycles. The Balaban J connectivity index is 1.21. The number of fused-ring (bicyclic) bond motifs is 1. The van der Waals surface area contributed by atoms with E-state index in [-0.39, 0.29) is 12.0 Å². The summed E-state index contributed by atoms with van der Waals surface area (Å²) in [6, 6.07) is 22.8. The molecule has 1 aliphatic heterocycles. The summed E-state index contributed by atoms with van der Waals surface area (Å²) in [6.45, 7) is 10.3. The number of pyridine rings is 2. The van der Waals surface area contributed by atoms with Crippen molar-refractivity contribution in [1.82, 2.24) is 14.9 Å². The molecule has 1 aliphatic rings. The first kappa shape index (κ1) is 34.3. The van der Waals surface area contributed by atoms with Crippen molar-refractivity contribution in [3.8, 4) is 16.9 Å². The number of nitrogens with zero attached hydrogens (tertiary/aromatic N) is 3. The summed E-state index contributed by atoms with van der Waals surface area (Å²) in [7, 11) is 1.49. The Morgan fingerprint density at radius 3 is 2.24 bits per heavy atom. The second-order valence-corrected chi connectivity index (χ2v) is 13.1. The fourth-order valence-electron chi connectivity index (χ4n) is 5.84. The number of carbonyl (C=O) groups is 2. The number of anilines is 3. The van der Waals surface area contributed by atoms with Crippen molar-refractivity contribution in [2.24, 2.45) is 0 Å². The van der Waals surface area contributed by atoms with Gasteiger partial charge in [0.2, 0.25) is 0 Å². The van der Waals surface area contributed by atoms with Crippen LogP contribution in [0.1, 0.15) is 37.6 Å². The van der Waals surface area contributed by atoms with Crippen LogP contribution in [0.15, 0.2) is 91.4 Å². The minimum atomic E-state index is -0.657. The second-order valence-electron chi connectivity index (χ2n) is 13.1. The minimum Gasteiger partial charge on any atom is -0.492 e. The first-order valence-electron chi connectivity index (χ1n) is 16.6. The van der Waals surface area contributed by atoms with Crippen molar-refractivity contribution in [1.29, 1.82) is 0 Å². The molecular formula is C39H42N6O5. The van der Waals surface area contributed by atoms with Crippen molar-refractivity contribution < 1.29 is 23.8 Å². The molecule has 1 fully saturated rings. The molecule has 3 N–H and O–H groups in total. The van der Waals surface area contributed by atoms with E-state index >= 15 is 0 Å². The maximum absolute atomic E-state index is 13.6. The molecule has 0 bridgehead atoms. The number of hydrogen-bond donors (Lipinski definition) is 3. The van der Waals surface area contributed by atoms with Gasteiger partial charge in [-0.25, -0.2) is 9.59 Å². The van der Waals surface area contributed by atoms with Crippen LogP contribution in [0, 0.1) is 0 Å². The smallest absolute Gasteiger partial charge is 0.412 e. The van der Waals surface area contributed by atoms with Crippen molar-refractivity contribution >= 4 is 40.0 Å². The Morgan fingerprint density at radius 2 is 1.56 bits per heavy atom. The summed E-state index contributed by atoms with van der Waals surface area (Å²) in [6.07, 6.45) is 4.52. The lowest BCUT2D eigenvalue weighted by atomic mass is 9.86. The predicted molar refractivity (Wildman–Crippen MR) is 196 cm³/mol. The molecule has 0 saturated carbocycles. The molecule has 0 aliphatic carbocycles. The van der Waals surface area contributed by atoms with Gasteiger partial charge in [-0.3, -0.25) is 20.2 Å². The average molecular weight is 675 g/mol. The van der Waals surface area contributed by atoms with Gasteiger partial charge in [0.1, 0.15) is 6.61 Å². The zero-order valence-corrected chi connectivity index (χ0v) is 28.8. The van der Waals surface area contributed by atoms with Crippen molar-refractivity contribution in [2.75, 3.05) is 49.4 Å². The highest BCUT2D eigenvalue weighted by Gasteiger charge is 2.23. The van der Waals surface area contributed by atoms with Crippen LogP contribution in [0.4, 0.5) is 26.7 Å². The summed E-state index contributed by atoms with van der Waals surface area (Å²) >= 11 is 0. The fraction of sp³-hybridized carbons (Fsp3) is 0.282. The van der Waals surface area contributed by atoms with Gasteiger partial charge < -0.3 is 24.8 Å². The number of amides is 3. The lowest BCUT2D eigenvalue weighted by Crippen LogP contribution is -2.35. The van der Waals surface area contributed by atoms with E-state index in [1.165, 1.54) is 7.11 Å². The van der Waals surface area contributed by atoms with E-state index < -0.39 is 12.1 Å². The molecule has 2 aromatic heterocycles. The summed E-state index contributed by atoms with van der Waals surface area (Å²) in [4.78, 5) is 37.5. The summed E-state index contributed by atoms with van der Waals surface area (Å²) in [5.74, 6) is 0.291. The van der Waals surface area contributed by atoms with Gasteiger partial charge in [0.05, 0.1) is 43.1 Å². The average Bonchev–Trinajstić information content (AvgIpc) is 3.12. The lowest BCUT2D eigenvalue weighted by molar-refractivity contribution is 0.0336. The third-order valence-electron chi connectivity index (χ3n) is 8.56. The van der Waals surface area contributed by atoms with Gasteiger partial charge in [-0.15, -0.1) is 0 Å². The van der Waals surface area contributed by atoms with Gasteiger partial charge in [-0.05, 0) is 63.9 Å². The minimum absolute atomic E-state index is 0.0760. The van der Waals surface area contributed by atoms with E-state index in [0.717, 1.165) is 71.6 Å². The van der Waals surface area contributed by atoms with Crippen LogP contribution in [-0.4, -0.2) is 60.4 Å². The normalized spacial score (nSPS) is 13.4.